The van der Waals surface area contributed by atoms with Gasteiger partial charge in [-0.3, -0.25) is 4.79 Å². The summed E-state index contributed by atoms with van der Waals surface area (Å²) in [7, 11) is 0. The number of amides is 1. The van der Waals surface area contributed by atoms with Gasteiger partial charge in [0.15, 0.2) is 0 Å². The summed E-state index contributed by atoms with van der Waals surface area (Å²) >= 11 is 1.66. The van der Waals surface area contributed by atoms with Crippen molar-refractivity contribution in [2.75, 3.05) is 0 Å². The molecule has 21 heavy (non-hydrogen) atoms. The second-order valence-electron chi connectivity index (χ2n) is 5.90. The normalized spacial score (nSPS) is 11.6. The first-order chi connectivity index (χ1) is 9.94. The zero-order chi connectivity index (χ0) is 15.3. The van der Waals surface area contributed by atoms with Gasteiger partial charge < -0.3 is 15.1 Å². The number of thiophene rings is 1. The lowest BCUT2D eigenvalue weighted by Crippen LogP contribution is -2.35. The van der Waals surface area contributed by atoms with Crippen LogP contribution in [0.3, 0.4) is 0 Å². The Kier molecular flexibility index (Phi) is 5.20. The molecule has 0 radical (unpaired) electrons. The Morgan fingerprint density at radius 2 is 2.14 bits per heavy atom. The summed E-state index contributed by atoms with van der Waals surface area (Å²) in [6.07, 6.45) is 2.76. The fourth-order valence-electron chi connectivity index (χ4n) is 2.00. The molecule has 114 valence electrons. The molecule has 0 atom stereocenters. The van der Waals surface area contributed by atoms with Crippen LogP contribution in [0.5, 0.6) is 0 Å². The van der Waals surface area contributed by atoms with Crippen LogP contribution >= 0.6 is 11.3 Å². The molecule has 0 aliphatic heterocycles. The van der Waals surface area contributed by atoms with E-state index in [1.165, 1.54) is 4.88 Å². The largest absolute Gasteiger partial charge is 0.467 e. The maximum Gasteiger partial charge on any atom is 0.223 e. The van der Waals surface area contributed by atoms with Gasteiger partial charge in [-0.2, -0.15) is 0 Å². The van der Waals surface area contributed by atoms with Crippen LogP contribution < -0.4 is 5.73 Å². The summed E-state index contributed by atoms with van der Waals surface area (Å²) in [6, 6.07) is 7.77. The third-order valence-electron chi connectivity index (χ3n) is 3.19. The van der Waals surface area contributed by atoms with E-state index in [4.69, 9.17) is 10.2 Å². The van der Waals surface area contributed by atoms with E-state index in [2.05, 4.69) is 0 Å². The van der Waals surface area contributed by atoms with Gasteiger partial charge in [-0.25, -0.2) is 0 Å². The molecular weight excluding hydrogens is 284 g/mol. The van der Waals surface area contributed by atoms with Crippen LogP contribution in [0.15, 0.2) is 40.3 Å². The van der Waals surface area contributed by atoms with E-state index < -0.39 is 0 Å². The van der Waals surface area contributed by atoms with Crippen molar-refractivity contribution in [3.63, 3.8) is 0 Å². The van der Waals surface area contributed by atoms with Gasteiger partial charge in [0, 0.05) is 16.8 Å². The lowest BCUT2D eigenvalue weighted by molar-refractivity contribution is -0.133. The van der Waals surface area contributed by atoms with Gasteiger partial charge in [-0.05, 0) is 43.8 Å². The van der Waals surface area contributed by atoms with E-state index >= 15 is 0 Å². The summed E-state index contributed by atoms with van der Waals surface area (Å²) in [5, 5.41) is 2.02. The molecule has 0 aliphatic carbocycles. The zero-order valence-corrected chi connectivity index (χ0v) is 13.4. The summed E-state index contributed by atoms with van der Waals surface area (Å²) in [5.74, 6) is 0.908. The van der Waals surface area contributed by atoms with Crippen molar-refractivity contribution in [3.05, 3.63) is 46.5 Å². The first-order valence-corrected chi connectivity index (χ1v) is 7.93. The van der Waals surface area contributed by atoms with E-state index in [1.54, 1.807) is 17.6 Å². The summed E-state index contributed by atoms with van der Waals surface area (Å²) in [4.78, 5) is 15.5. The molecule has 5 heteroatoms. The van der Waals surface area contributed by atoms with Crippen LogP contribution in [-0.2, 0) is 17.9 Å². The lowest BCUT2D eigenvalue weighted by atomic mass is 9.99. The minimum atomic E-state index is -0.324. The average molecular weight is 306 g/mol. The second kappa shape index (κ2) is 6.91. The Bertz CT molecular complexity index is 505. The third-order valence-corrected chi connectivity index (χ3v) is 4.05. The summed E-state index contributed by atoms with van der Waals surface area (Å²) in [6.45, 7) is 4.99. The molecule has 2 heterocycles. The molecule has 0 bridgehead atoms. The Morgan fingerprint density at radius 3 is 2.71 bits per heavy atom. The Hall–Kier alpha value is -1.59. The fraction of sp³-hybridized carbons (Fsp3) is 0.438. The van der Waals surface area contributed by atoms with Gasteiger partial charge in [0.05, 0.1) is 19.4 Å². The van der Waals surface area contributed by atoms with Gasteiger partial charge in [0.1, 0.15) is 5.76 Å². The third kappa shape index (κ3) is 5.36. The highest BCUT2D eigenvalue weighted by atomic mass is 32.1. The van der Waals surface area contributed by atoms with Crippen molar-refractivity contribution >= 4 is 17.2 Å². The number of nitrogens with zero attached hydrogens (tertiary/aromatic N) is 1. The monoisotopic (exact) mass is 306 g/mol. The second-order valence-corrected chi connectivity index (χ2v) is 6.93. The van der Waals surface area contributed by atoms with Crippen molar-refractivity contribution in [1.82, 2.24) is 4.90 Å². The van der Waals surface area contributed by atoms with Gasteiger partial charge in [-0.1, -0.05) is 6.07 Å². The first-order valence-electron chi connectivity index (χ1n) is 7.05. The van der Waals surface area contributed by atoms with Crippen LogP contribution in [0.25, 0.3) is 0 Å². The predicted molar refractivity (Wildman–Crippen MR) is 84.8 cm³/mol. The highest BCUT2D eigenvalue weighted by Gasteiger charge is 2.19. The number of hydrogen-bond donors (Lipinski definition) is 1. The molecule has 0 saturated carbocycles. The Morgan fingerprint density at radius 1 is 1.33 bits per heavy atom. The minimum absolute atomic E-state index is 0.110. The van der Waals surface area contributed by atoms with Gasteiger partial charge >= 0.3 is 0 Å². The highest BCUT2D eigenvalue weighted by molar-refractivity contribution is 7.09. The average Bonchev–Trinajstić information content (AvgIpc) is 3.07. The number of carbonyl (C=O) groups is 1. The van der Waals surface area contributed by atoms with Crippen LogP contribution in [0.4, 0.5) is 0 Å². The molecule has 1 amide bonds. The van der Waals surface area contributed by atoms with E-state index in [0.717, 1.165) is 5.76 Å². The number of nitrogens with two attached hydrogens (primary N) is 1. The van der Waals surface area contributed by atoms with Gasteiger partial charge in [0.2, 0.25) is 5.91 Å². The van der Waals surface area contributed by atoms with Crippen molar-refractivity contribution < 1.29 is 9.21 Å². The molecule has 2 rings (SSSR count). The van der Waals surface area contributed by atoms with Crippen molar-refractivity contribution in [2.45, 2.75) is 45.3 Å². The number of carbonyl (C=O) groups excluding carboxylic acids is 1. The zero-order valence-electron chi connectivity index (χ0n) is 12.5. The molecule has 0 unspecified atom stereocenters. The standard InChI is InChI=1S/C16H22N2O2S/c1-16(2,17)8-7-15(19)18(11-13-5-3-9-20-13)12-14-6-4-10-21-14/h3-6,9-10H,7-8,11-12,17H2,1-2H3. The molecule has 2 N–H and O–H groups in total. The van der Waals surface area contributed by atoms with Crippen molar-refractivity contribution in [1.29, 1.82) is 0 Å². The molecule has 0 aromatic carbocycles. The highest BCUT2D eigenvalue weighted by Crippen LogP contribution is 2.17. The Balaban J connectivity index is 2.01. The molecule has 0 saturated heterocycles. The fourth-order valence-corrected chi connectivity index (χ4v) is 2.72. The van der Waals surface area contributed by atoms with E-state index in [1.807, 2.05) is 48.4 Å². The number of rotatable bonds is 7. The molecule has 2 aromatic heterocycles. The van der Waals surface area contributed by atoms with Gasteiger partial charge in [0.25, 0.3) is 0 Å². The van der Waals surface area contributed by atoms with Crippen molar-refractivity contribution in [2.24, 2.45) is 5.73 Å². The van der Waals surface area contributed by atoms with E-state index in [9.17, 15) is 4.79 Å². The predicted octanol–water partition coefficient (Wildman–Crippen LogP) is 3.39. The van der Waals surface area contributed by atoms with Crippen LogP contribution in [0, 0.1) is 0 Å². The smallest absolute Gasteiger partial charge is 0.223 e. The first kappa shape index (κ1) is 15.8. The van der Waals surface area contributed by atoms with Crippen LogP contribution in [0.2, 0.25) is 0 Å². The molecule has 0 fully saturated rings. The lowest BCUT2D eigenvalue weighted by Gasteiger charge is -2.24. The van der Waals surface area contributed by atoms with Crippen LogP contribution in [-0.4, -0.2) is 16.3 Å². The van der Waals surface area contributed by atoms with E-state index in [-0.39, 0.29) is 11.4 Å². The number of hydrogen-bond acceptors (Lipinski definition) is 4. The molecule has 2 aromatic rings. The minimum Gasteiger partial charge on any atom is -0.467 e. The quantitative estimate of drug-likeness (QED) is 0.853. The number of furan rings is 1. The molecule has 0 spiro atoms. The molecular formula is C16H22N2O2S. The summed E-state index contributed by atoms with van der Waals surface area (Å²) < 4.78 is 5.36. The molecule has 4 nitrogen and oxygen atoms in total. The maximum atomic E-state index is 12.5. The van der Waals surface area contributed by atoms with Crippen LogP contribution in [0.1, 0.15) is 37.3 Å². The Labute approximate surface area is 129 Å². The maximum absolute atomic E-state index is 12.5. The summed E-state index contributed by atoms with van der Waals surface area (Å²) in [5.41, 5.74) is 5.64. The van der Waals surface area contributed by atoms with E-state index in [0.29, 0.717) is 25.9 Å². The SMILES string of the molecule is CC(C)(N)CCC(=O)N(Cc1ccco1)Cc1cccs1. The topological polar surface area (TPSA) is 59.5 Å². The van der Waals surface area contributed by atoms with Gasteiger partial charge in [-0.15, -0.1) is 11.3 Å². The van der Waals surface area contributed by atoms with Crippen molar-refractivity contribution in [3.8, 4) is 0 Å². The molecule has 0 aliphatic rings.